The van der Waals surface area contributed by atoms with E-state index in [1.165, 1.54) is 0 Å². The van der Waals surface area contributed by atoms with Gasteiger partial charge in [-0.1, -0.05) is 0 Å². The number of likely N-dealkylation sites (N-methyl/N-ethyl adjacent to an activating group) is 1. The molecule has 0 fully saturated rings. The van der Waals surface area contributed by atoms with E-state index in [0.717, 1.165) is 0 Å². The van der Waals surface area contributed by atoms with Crippen LogP contribution in [0, 0.1) is 0 Å². The van der Waals surface area contributed by atoms with E-state index < -0.39 is 0 Å². The van der Waals surface area contributed by atoms with Crippen molar-refractivity contribution in [2.45, 2.75) is 25.9 Å². The van der Waals surface area contributed by atoms with Crippen LogP contribution in [0.4, 0.5) is 11.4 Å². The molecule has 0 aromatic heterocycles. The molecule has 1 amide bonds. The van der Waals surface area contributed by atoms with Gasteiger partial charge in [0.2, 0.25) is 5.91 Å². The number of nitrogens with two attached hydrogens (primary N) is 1. The Balaban J connectivity index is 2.75. The molecule has 0 saturated carbocycles. The third-order valence-electron chi connectivity index (χ3n) is 3.47. The van der Waals surface area contributed by atoms with Crippen molar-refractivity contribution in [2.75, 3.05) is 31.8 Å². The number of rotatable bonds is 6. The van der Waals surface area contributed by atoms with Gasteiger partial charge in [-0.15, -0.1) is 0 Å². The summed E-state index contributed by atoms with van der Waals surface area (Å²) in [6.07, 6.45) is 0. The molecule has 6 heteroatoms. The molecule has 2 unspecified atom stereocenters. The molecule has 1 aromatic carbocycles. The molecule has 0 spiro atoms. The number of nitrogens with one attached hydrogen (secondary N) is 1. The molecule has 2 atom stereocenters. The normalized spacial score (nSPS) is 13.9. The summed E-state index contributed by atoms with van der Waals surface area (Å²) in [6.45, 7) is 3.63. The van der Waals surface area contributed by atoms with Crippen LogP contribution in [0.25, 0.3) is 0 Å². The maximum Gasteiger partial charge on any atom is 0.241 e. The fourth-order valence-corrected chi connectivity index (χ4v) is 1.71. The molecular formula is C14H23N3O3. The number of nitrogens with zero attached hydrogens (tertiary/aromatic N) is 1. The Kier molecular flexibility index (Phi) is 5.79. The van der Waals surface area contributed by atoms with E-state index in [2.05, 4.69) is 5.32 Å². The first-order valence-electron chi connectivity index (χ1n) is 6.47. The minimum Gasteiger partial charge on any atom is -0.497 e. The summed E-state index contributed by atoms with van der Waals surface area (Å²) < 4.78 is 5.06. The van der Waals surface area contributed by atoms with Gasteiger partial charge in [-0.2, -0.15) is 0 Å². The van der Waals surface area contributed by atoms with Crippen molar-refractivity contribution in [3.05, 3.63) is 18.2 Å². The molecule has 6 nitrogen and oxygen atoms in total. The van der Waals surface area contributed by atoms with E-state index in [0.29, 0.717) is 17.1 Å². The number of aliphatic hydroxyl groups excluding tert-OH is 1. The Labute approximate surface area is 119 Å². The lowest BCUT2D eigenvalue weighted by Crippen LogP contribution is -2.45. The molecule has 20 heavy (non-hydrogen) atoms. The lowest BCUT2D eigenvalue weighted by molar-refractivity contribution is -0.121. The molecule has 0 bridgehead atoms. The van der Waals surface area contributed by atoms with E-state index >= 15 is 0 Å². The fourth-order valence-electron chi connectivity index (χ4n) is 1.71. The predicted molar refractivity (Wildman–Crippen MR) is 79.8 cm³/mol. The minimum absolute atomic E-state index is 0.00120. The standard InChI is InChI=1S/C14H23N3O3/c1-9(8-18)17(3)10(2)14(19)16-13-6-5-11(20-4)7-12(13)15/h5-7,9-10,18H,8,15H2,1-4H3,(H,16,19). The second-order valence-corrected chi connectivity index (χ2v) is 4.82. The molecule has 112 valence electrons. The van der Waals surface area contributed by atoms with Gasteiger partial charge in [-0.05, 0) is 33.0 Å². The van der Waals surface area contributed by atoms with E-state index in [-0.39, 0.29) is 24.6 Å². The van der Waals surface area contributed by atoms with Gasteiger partial charge < -0.3 is 20.9 Å². The third-order valence-corrected chi connectivity index (χ3v) is 3.47. The number of amides is 1. The molecule has 0 aliphatic heterocycles. The van der Waals surface area contributed by atoms with Gasteiger partial charge in [0.1, 0.15) is 5.75 Å². The zero-order valence-corrected chi connectivity index (χ0v) is 12.4. The number of hydrogen-bond acceptors (Lipinski definition) is 5. The maximum atomic E-state index is 12.2. The van der Waals surface area contributed by atoms with Crippen LogP contribution in [0.2, 0.25) is 0 Å². The highest BCUT2D eigenvalue weighted by molar-refractivity contribution is 5.97. The highest BCUT2D eigenvalue weighted by Crippen LogP contribution is 2.24. The van der Waals surface area contributed by atoms with Crippen molar-refractivity contribution in [3.63, 3.8) is 0 Å². The number of hydrogen-bond donors (Lipinski definition) is 3. The maximum absolute atomic E-state index is 12.2. The fraction of sp³-hybridized carbons (Fsp3) is 0.500. The molecule has 0 saturated heterocycles. The van der Waals surface area contributed by atoms with Gasteiger partial charge in [-0.25, -0.2) is 0 Å². The van der Waals surface area contributed by atoms with Gasteiger partial charge in [0.25, 0.3) is 0 Å². The summed E-state index contributed by atoms with van der Waals surface area (Å²) in [5.41, 5.74) is 6.85. The average Bonchev–Trinajstić information content (AvgIpc) is 2.46. The van der Waals surface area contributed by atoms with Crippen LogP contribution in [0.15, 0.2) is 18.2 Å². The quantitative estimate of drug-likeness (QED) is 0.675. The monoisotopic (exact) mass is 281 g/mol. The number of carbonyl (C=O) groups excluding carboxylic acids is 1. The van der Waals surface area contributed by atoms with Crippen LogP contribution in [0.3, 0.4) is 0 Å². The summed E-state index contributed by atoms with van der Waals surface area (Å²) >= 11 is 0. The second-order valence-electron chi connectivity index (χ2n) is 4.82. The Morgan fingerprint density at radius 3 is 2.65 bits per heavy atom. The number of ether oxygens (including phenoxy) is 1. The Morgan fingerprint density at radius 1 is 1.50 bits per heavy atom. The van der Waals surface area contributed by atoms with Crippen molar-refractivity contribution >= 4 is 17.3 Å². The number of methoxy groups -OCH3 is 1. The first kappa shape index (κ1) is 16.3. The Hall–Kier alpha value is -1.79. The smallest absolute Gasteiger partial charge is 0.241 e. The highest BCUT2D eigenvalue weighted by Gasteiger charge is 2.22. The Morgan fingerprint density at radius 2 is 2.15 bits per heavy atom. The lowest BCUT2D eigenvalue weighted by Gasteiger charge is -2.28. The molecule has 0 aliphatic carbocycles. The van der Waals surface area contributed by atoms with Crippen LogP contribution in [-0.2, 0) is 4.79 Å². The van der Waals surface area contributed by atoms with E-state index in [1.54, 1.807) is 44.2 Å². The van der Waals surface area contributed by atoms with Gasteiger partial charge in [0.05, 0.1) is 31.1 Å². The third kappa shape index (κ3) is 3.85. The van der Waals surface area contributed by atoms with Crippen molar-refractivity contribution < 1.29 is 14.6 Å². The van der Waals surface area contributed by atoms with E-state index in [9.17, 15) is 4.79 Å². The van der Waals surface area contributed by atoms with Gasteiger partial charge in [0.15, 0.2) is 0 Å². The number of benzene rings is 1. The van der Waals surface area contributed by atoms with E-state index in [1.807, 2.05) is 6.92 Å². The first-order valence-corrected chi connectivity index (χ1v) is 6.47. The summed E-state index contributed by atoms with van der Waals surface area (Å²) in [7, 11) is 3.35. The lowest BCUT2D eigenvalue weighted by atomic mass is 10.2. The van der Waals surface area contributed by atoms with Crippen LogP contribution in [0.1, 0.15) is 13.8 Å². The Bertz CT molecular complexity index is 465. The number of carbonyl (C=O) groups is 1. The molecule has 0 radical (unpaired) electrons. The minimum atomic E-state index is -0.376. The van der Waals surface area contributed by atoms with Gasteiger partial charge >= 0.3 is 0 Å². The zero-order valence-electron chi connectivity index (χ0n) is 12.4. The summed E-state index contributed by atoms with van der Waals surface area (Å²) in [4.78, 5) is 14.0. The summed E-state index contributed by atoms with van der Waals surface area (Å²) in [5, 5.41) is 11.9. The van der Waals surface area contributed by atoms with Crippen LogP contribution in [0.5, 0.6) is 5.75 Å². The SMILES string of the molecule is COc1ccc(NC(=O)C(C)N(C)C(C)CO)c(N)c1. The number of aliphatic hydroxyl groups is 1. The van der Waals surface area contributed by atoms with Crippen molar-refractivity contribution in [3.8, 4) is 5.75 Å². The first-order chi connectivity index (χ1) is 9.40. The van der Waals surface area contributed by atoms with Crippen molar-refractivity contribution in [2.24, 2.45) is 0 Å². The largest absolute Gasteiger partial charge is 0.497 e. The summed E-state index contributed by atoms with van der Waals surface area (Å²) in [6, 6.07) is 4.62. The average molecular weight is 281 g/mol. The van der Waals surface area contributed by atoms with Gasteiger partial charge in [0, 0.05) is 12.1 Å². The number of nitrogen functional groups attached to an aromatic ring is 1. The second kappa shape index (κ2) is 7.12. The number of anilines is 2. The van der Waals surface area contributed by atoms with E-state index in [4.69, 9.17) is 15.6 Å². The van der Waals surface area contributed by atoms with Gasteiger partial charge in [-0.3, -0.25) is 9.69 Å². The molecule has 4 N–H and O–H groups in total. The summed E-state index contributed by atoms with van der Waals surface area (Å²) in [5.74, 6) is 0.462. The van der Waals surface area contributed by atoms with Crippen molar-refractivity contribution in [1.82, 2.24) is 4.90 Å². The zero-order chi connectivity index (χ0) is 15.3. The van der Waals surface area contributed by atoms with Crippen LogP contribution in [-0.4, -0.2) is 48.8 Å². The molecule has 0 aliphatic rings. The van der Waals surface area contributed by atoms with Crippen molar-refractivity contribution in [1.29, 1.82) is 0 Å². The van der Waals surface area contributed by atoms with Crippen LogP contribution >= 0.6 is 0 Å². The topological polar surface area (TPSA) is 87.8 Å². The molecule has 0 heterocycles. The molecular weight excluding hydrogens is 258 g/mol. The predicted octanol–water partition coefficient (Wildman–Crippen LogP) is 0.917. The highest BCUT2D eigenvalue weighted by atomic mass is 16.5. The van der Waals surface area contributed by atoms with Crippen LogP contribution < -0.4 is 15.8 Å². The molecule has 1 rings (SSSR count). The molecule has 1 aromatic rings.